The Morgan fingerprint density at radius 2 is 1.81 bits per heavy atom. The van der Waals surface area contributed by atoms with E-state index in [0.717, 1.165) is 31.0 Å². The van der Waals surface area contributed by atoms with Gasteiger partial charge in [0.25, 0.3) is 5.91 Å². The molecule has 1 fully saturated rings. The van der Waals surface area contributed by atoms with Crippen LogP contribution in [-0.2, 0) is 0 Å². The predicted molar refractivity (Wildman–Crippen MR) is 108 cm³/mol. The van der Waals surface area contributed by atoms with Crippen LogP contribution >= 0.6 is 0 Å². The van der Waals surface area contributed by atoms with Crippen molar-refractivity contribution in [2.45, 2.75) is 33.1 Å². The number of benzene rings is 1. The van der Waals surface area contributed by atoms with Gasteiger partial charge in [0.2, 0.25) is 0 Å². The van der Waals surface area contributed by atoms with Crippen LogP contribution in [0.4, 0.5) is 17.1 Å². The van der Waals surface area contributed by atoms with Gasteiger partial charge in [-0.1, -0.05) is 13.8 Å². The number of piperidine rings is 1. The number of anilines is 3. The minimum absolute atomic E-state index is 0.191. The largest absolute Gasteiger partial charge is 0.385 e. The van der Waals surface area contributed by atoms with Crippen molar-refractivity contribution in [3.8, 4) is 0 Å². The second kappa shape index (κ2) is 8.70. The first kappa shape index (κ1) is 18.2. The van der Waals surface area contributed by atoms with E-state index in [0.29, 0.717) is 11.6 Å². The molecule has 1 aliphatic heterocycles. The molecule has 26 heavy (non-hydrogen) atoms. The van der Waals surface area contributed by atoms with Crippen molar-refractivity contribution in [1.82, 2.24) is 4.98 Å². The van der Waals surface area contributed by atoms with Gasteiger partial charge in [-0.05, 0) is 61.6 Å². The van der Waals surface area contributed by atoms with E-state index >= 15 is 0 Å². The lowest BCUT2D eigenvalue weighted by atomic mass is 10.1. The van der Waals surface area contributed by atoms with Crippen LogP contribution in [0.1, 0.15) is 43.6 Å². The fourth-order valence-corrected chi connectivity index (χ4v) is 3.09. The number of carbonyl (C=O) groups excluding carboxylic acids is 1. The van der Waals surface area contributed by atoms with Crippen LogP contribution in [0.25, 0.3) is 0 Å². The Balaban J connectivity index is 1.61. The quantitative estimate of drug-likeness (QED) is 0.809. The molecule has 2 heterocycles. The number of rotatable bonds is 6. The lowest BCUT2D eigenvalue weighted by molar-refractivity contribution is 0.102. The Morgan fingerprint density at radius 3 is 2.50 bits per heavy atom. The summed E-state index contributed by atoms with van der Waals surface area (Å²) in [5.74, 6) is 0.350. The van der Waals surface area contributed by atoms with Crippen molar-refractivity contribution in [3.05, 3.63) is 48.3 Å². The predicted octanol–water partition coefficient (Wildman–Crippen LogP) is 4.39. The van der Waals surface area contributed by atoms with Crippen molar-refractivity contribution < 1.29 is 4.79 Å². The van der Waals surface area contributed by atoms with Crippen molar-refractivity contribution in [3.63, 3.8) is 0 Å². The molecule has 1 amide bonds. The number of carbonyl (C=O) groups is 1. The maximum absolute atomic E-state index is 12.5. The molecule has 0 unspecified atom stereocenters. The molecule has 1 saturated heterocycles. The van der Waals surface area contributed by atoms with Crippen molar-refractivity contribution in [2.24, 2.45) is 5.92 Å². The van der Waals surface area contributed by atoms with E-state index in [1.807, 2.05) is 18.2 Å². The highest BCUT2D eigenvalue weighted by Crippen LogP contribution is 2.22. The molecule has 2 N–H and O–H groups in total. The van der Waals surface area contributed by atoms with Gasteiger partial charge in [-0.2, -0.15) is 0 Å². The zero-order chi connectivity index (χ0) is 18.4. The second-order valence-corrected chi connectivity index (χ2v) is 7.25. The van der Waals surface area contributed by atoms with Crippen LogP contribution in [-0.4, -0.2) is 30.5 Å². The van der Waals surface area contributed by atoms with Crippen molar-refractivity contribution in [2.75, 3.05) is 35.2 Å². The summed E-state index contributed by atoms with van der Waals surface area (Å²) in [6, 6.07) is 11.8. The van der Waals surface area contributed by atoms with Crippen LogP contribution in [0.15, 0.2) is 42.6 Å². The number of aromatic nitrogens is 1. The number of amides is 1. The smallest absolute Gasteiger partial charge is 0.274 e. The van der Waals surface area contributed by atoms with Gasteiger partial charge in [0.15, 0.2) is 0 Å². The lowest BCUT2D eigenvalue weighted by Gasteiger charge is -2.28. The third-order valence-corrected chi connectivity index (χ3v) is 4.55. The van der Waals surface area contributed by atoms with E-state index in [9.17, 15) is 4.79 Å². The van der Waals surface area contributed by atoms with E-state index in [4.69, 9.17) is 0 Å². The third kappa shape index (κ3) is 4.97. The van der Waals surface area contributed by atoms with Crippen LogP contribution in [0, 0.1) is 5.92 Å². The molecule has 5 nitrogen and oxygen atoms in total. The summed E-state index contributed by atoms with van der Waals surface area (Å²) in [7, 11) is 0. The average molecular weight is 352 g/mol. The fourth-order valence-electron chi connectivity index (χ4n) is 3.09. The van der Waals surface area contributed by atoms with E-state index in [-0.39, 0.29) is 5.91 Å². The molecule has 0 spiro atoms. The number of hydrogen-bond donors (Lipinski definition) is 2. The Hall–Kier alpha value is -2.56. The summed E-state index contributed by atoms with van der Waals surface area (Å²) in [5, 5.41) is 6.25. The third-order valence-electron chi connectivity index (χ3n) is 4.55. The summed E-state index contributed by atoms with van der Waals surface area (Å²) >= 11 is 0. The highest BCUT2D eigenvalue weighted by Gasteiger charge is 2.12. The molecule has 0 atom stereocenters. The molecule has 0 saturated carbocycles. The van der Waals surface area contributed by atoms with Gasteiger partial charge in [-0.25, -0.2) is 0 Å². The average Bonchev–Trinajstić information content (AvgIpc) is 2.68. The Kier molecular flexibility index (Phi) is 6.10. The van der Waals surface area contributed by atoms with Crippen molar-refractivity contribution in [1.29, 1.82) is 0 Å². The Labute approximate surface area is 155 Å². The molecule has 2 aromatic rings. The molecule has 0 radical (unpaired) electrons. The molecule has 1 aromatic heterocycles. The van der Waals surface area contributed by atoms with E-state index < -0.39 is 0 Å². The molecule has 138 valence electrons. The zero-order valence-electron chi connectivity index (χ0n) is 15.7. The molecule has 1 aromatic carbocycles. The standard InChI is InChI=1S/C21H28N4O/c1-16(2)15-23-18-10-11-22-20(14-18)21(26)24-17-6-8-19(9-7-17)25-12-4-3-5-13-25/h6-11,14,16H,3-5,12-13,15H2,1-2H3,(H,22,23)(H,24,26). The van der Waals surface area contributed by atoms with Gasteiger partial charge in [0.1, 0.15) is 5.69 Å². The van der Waals surface area contributed by atoms with Gasteiger partial charge >= 0.3 is 0 Å². The molecular weight excluding hydrogens is 324 g/mol. The Bertz CT molecular complexity index is 721. The monoisotopic (exact) mass is 352 g/mol. The van der Waals surface area contributed by atoms with Gasteiger partial charge < -0.3 is 15.5 Å². The van der Waals surface area contributed by atoms with E-state index in [1.54, 1.807) is 12.3 Å². The van der Waals surface area contributed by atoms with Gasteiger partial charge in [-0.3, -0.25) is 9.78 Å². The number of nitrogens with zero attached hydrogens (tertiary/aromatic N) is 2. The summed E-state index contributed by atoms with van der Waals surface area (Å²) in [5.41, 5.74) is 3.34. The van der Waals surface area contributed by atoms with Crippen LogP contribution < -0.4 is 15.5 Å². The number of hydrogen-bond acceptors (Lipinski definition) is 4. The maximum Gasteiger partial charge on any atom is 0.274 e. The molecule has 0 aliphatic carbocycles. The van der Waals surface area contributed by atoms with E-state index in [2.05, 4.69) is 46.5 Å². The fraction of sp³-hybridized carbons (Fsp3) is 0.429. The minimum atomic E-state index is -0.191. The zero-order valence-corrected chi connectivity index (χ0v) is 15.7. The van der Waals surface area contributed by atoms with Crippen LogP contribution in [0.2, 0.25) is 0 Å². The van der Waals surface area contributed by atoms with Crippen molar-refractivity contribution >= 4 is 23.0 Å². The van der Waals surface area contributed by atoms with Crippen LogP contribution in [0.3, 0.4) is 0 Å². The summed E-state index contributed by atoms with van der Waals surface area (Å²) in [6.45, 7) is 7.39. The van der Waals surface area contributed by atoms with Gasteiger partial charge in [0.05, 0.1) is 0 Å². The molecule has 1 aliphatic rings. The molecular formula is C21H28N4O. The highest BCUT2D eigenvalue weighted by molar-refractivity contribution is 6.03. The Morgan fingerprint density at radius 1 is 1.08 bits per heavy atom. The highest BCUT2D eigenvalue weighted by atomic mass is 16.1. The summed E-state index contributed by atoms with van der Waals surface area (Å²) < 4.78 is 0. The van der Waals surface area contributed by atoms with Gasteiger partial charge in [-0.15, -0.1) is 0 Å². The second-order valence-electron chi connectivity index (χ2n) is 7.25. The molecule has 5 heteroatoms. The normalized spacial score (nSPS) is 14.3. The summed E-state index contributed by atoms with van der Waals surface area (Å²) in [6.07, 6.45) is 5.50. The number of pyridine rings is 1. The maximum atomic E-state index is 12.5. The first-order valence-corrected chi connectivity index (χ1v) is 9.48. The molecule has 3 rings (SSSR count). The topological polar surface area (TPSA) is 57.3 Å². The molecule has 0 bridgehead atoms. The lowest BCUT2D eigenvalue weighted by Crippen LogP contribution is -2.29. The van der Waals surface area contributed by atoms with Gasteiger partial charge in [0, 0.05) is 42.9 Å². The summed E-state index contributed by atoms with van der Waals surface area (Å²) in [4.78, 5) is 19.1. The minimum Gasteiger partial charge on any atom is -0.385 e. The van der Waals surface area contributed by atoms with E-state index in [1.165, 1.54) is 24.9 Å². The first-order valence-electron chi connectivity index (χ1n) is 9.48. The number of nitrogens with one attached hydrogen (secondary N) is 2. The van der Waals surface area contributed by atoms with Crippen LogP contribution in [0.5, 0.6) is 0 Å². The SMILES string of the molecule is CC(C)CNc1ccnc(C(=O)Nc2ccc(N3CCCCC3)cc2)c1. The first-order chi connectivity index (χ1) is 12.6.